The van der Waals surface area contributed by atoms with Crippen LogP contribution in [0.3, 0.4) is 0 Å². The second kappa shape index (κ2) is 15.8. The van der Waals surface area contributed by atoms with E-state index in [-0.39, 0.29) is 66.5 Å². The molecule has 2 aromatic rings. The van der Waals surface area contributed by atoms with Gasteiger partial charge < -0.3 is 38.6 Å². The van der Waals surface area contributed by atoms with Crippen LogP contribution in [0.5, 0.6) is 23.0 Å². The summed E-state index contributed by atoms with van der Waals surface area (Å²) in [6, 6.07) is 6.03. The highest BCUT2D eigenvalue weighted by Crippen LogP contribution is 2.47. The highest BCUT2D eigenvalue weighted by molar-refractivity contribution is 7.86. The first kappa shape index (κ1) is 38.7. The monoisotopic (exact) mass is 771 g/mol. The Hall–Kier alpha value is -4.00. The molecule has 53 heavy (non-hydrogen) atoms. The van der Waals surface area contributed by atoms with Crippen LogP contribution in [0.1, 0.15) is 72.7 Å². The van der Waals surface area contributed by atoms with Crippen molar-refractivity contribution in [1.82, 2.24) is 9.80 Å². The molecule has 4 aliphatic heterocycles. The fourth-order valence-electron chi connectivity index (χ4n) is 7.96. The maximum Gasteiger partial charge on any atom is 0.288 e. The van der Waals surface area contributed by atoms with E-state index in [1.165, 1.54) is 29.7 Å². The molecule has 4 aliphatic rings. The van der Waals surface area contributed by atoms with Crippen LogP contribution in [-0.2, 0) is 21.1 Å². The average molecular weight is 772 g/mol. The summed E-state index contributed by atoms with van der Waals surface area (Å²) in [7, 11) is -4.41. The number of hydrogen-bond acceptors (Lipinski definition) is 10. The molecule has 0 spiro atoms. The maximum atomic E-state index is 14.2. The van der Waals surface area contributed by atoms with Crippen molar-refractivity contribution < 1.29 is 46.1 Å². The molecule has 4 heterocycles. The Labute approximate surface area is 311 Å². The molecule has 0 radical (unpaired) electrons. The van der Waals surface area contributed by atoms with Gasteiger partial charge in [-0.05, 0) is 69.7 Å². The van der Waals surface area contributed by atoms with Crippen molar-refractivity contribution in [3.05, 3.63) is 64.3 Å². The Balaban J connectivity index is 1.14. The zero-order valence-corrected chi connectivity index (χ0v) is 32.8. The van der Waals surface area contributed by atoms with Gasteiger partial charge in [0.05, 0.1) is 51.9 Å². The van der Waals surface area contributed by atoms with Crippen molar-refractivity contribution in [2.24, 2.45) is 0 Å². The Morgan fingerprint density at radius 2 is 1.43 bits per heavy atom. The third kappa shape index (κ3) is 7.95. The average Bonchev–Trinajstić information content (AvgIpc) is 3.71. The van der Waals surface area contributed by atoms with E-state index in [0.717, 1.165) is 30.4 Å². The summed E-state index contributed by atoms with van der Waals surface area (Å²) < 4.78 is 72.9. The van der Waals surface area contributed by atoms with Gasteiger partial charge in [0, 0.05) is 49.2 Å². The van der Waals surface area contributed by atoms with Gasteiger partial charge in [-0.25, -0.2) is 0 Å². The number of nitrogens with zero attached hydrogens (tertiary/aromatic N) is 2. The Bertz CT molecular complexity index is 1980. The van der Waals surface area contributed by atoms with Crippen molar-refractivity contribution in [3.63, 3.8) is 0 Å². The number of nitrogens with one attached hydrogen (secondary N) is 1. The minimum absolute atomic E-state index is 0.00622. The third-order valence-electron chi connectivity index (χ3n) is 10.9. The van der Waals surface area contributed by atoms with E-state index in [4.69, 9.17) is 18.9 Å². The molecule has 0 aromatic heterocycles. The van der Waals surface area contributed by atoms with Crippen molar-refractivity contribution in [1.29, 1.82) is 0 Å². The van der Waals surface area contributed by atoms with Crippen LogP contribution >= 0.6 is 7.14 Å². The number of aryl methyl sites for hydroxylation is 1. The van der Waals surface area contributed by atoms with E-state index in [1.54, 1.807) is 13.2 Å². The molecule has 2 saturated heterocycles. The number of carbonyl (C=O) groups is 2. The lowest BCUT2D eigenvalue weighted by molar-refractivity contribution is 0.0735. The van der Waals surface area contributed by atoms with Gasteiger partial charge in [0.15, 0.2) is 28.4 Å². The Morgan fingerprint density at radius 3 is 2.04 bits per heavy atom. The first-order valence-electron chi connectivity index (χ1n) is 18.2. The SMILES string of the molecule is C/C=C1\C[C@H]2CCc3cc(OCCP(=O)(CCC)CCOc4cc5c(cc4OC)C(=O)N4C/C(=C/C)C[C@H]4C(S(=O)(=O)O)N5)c(OC)cc3C(=O)N2C1. The maximum absolute atomic E-state index is 14.2. The summed E-state index contributed by atoms with van der Waals surface area (Å²) in [6.07, 6.45) is 8.49. The molecule has 13 nitrogen and oxygen atoms in total. The van der Waals surface area contributed by atoms with Gasteiger partial charge in [-0.1, -0.05) is 30.2 Å². The molecule has 288 valence electrons. The number of benzene rings is 2. The number of anilines is 1. The molecule has 0 saturated carbocycles. The molecular formula is C38H50N3O10PS. The van der Waals surface area contributed by atoms with Gasteiger partial charge in [-0.2, -0.15) is 8.42 Å². The molecule has 6 rings (SSSR count). The van der Waals surface area contributed by atoms with Crippen LogP contribution in [0, 0.1) is 0 Å². The van der Waals surface area contributed by atoms with Gasteiger partial charge in [0.25, 0.3) is 21.9 Å². The predicted octanol–water partition coefficient (Wildman–Crippen LogP) is 5.84. The number of allylic oxidation sites excluding steroid dienone is 2. The van der Waals surface area contributed by atoms with Crippen molar-refractivity contribution in [2.75, 3.05) is 64.3 Å². The number of amides is 2. The lowest BCUT2D eigenvalue weighted by Crippen LogP contribution is -2.47. The zero-order valence-electron chi connectivity index (χ0n) is 31.1. The molecule has 2 fully saturated rings. The van der Waals surface area contributed by atoms with Gasteiger partial charge >= 0.3 is 0 Å². The zero-order chi connectivity index (χ0) is 38.1. The first-order valence-corrected chi connectivity index (χ1v) is 22.0. The largest absolute Gasteiger partial charge is 0.493 e. The number of methoxy groups -OCH3 is 2. The third-order valence-corrected chi connectivity index (χ3v) is 15.2. The fraction of sp³-hybridized carbons (Fsp3) is 0.526. The van der Waals surface area contributed by atoms with Crippen molar-refractivity contribution >= 4 is 34.8 Å². The number of rotatable bonds is 13. The summed E-state index contributed by atoms with van der Waals surface area (Å²) >= 11 is 0. The second-order valence-corrected chi connectivity index (χ2v) is 19.1. The number of hydrogen-bond donors (Lipinski definition) is 2. The number of fused-ring (bicyclic) bond motifs is 4. The quantitative estimate of drug-likeness (QED) is 0.143. The van der Waals surface area contributed by atoms with Crippen LogP contribution in [-0.4, -0.2) is 111 Å². The van der Waals surface area contributed by atoms with E-state index in [1.807, 2.05) is 37.8 Å². The van der Waals surface area contributed by atoms with E-state index < -0.39 is 28.7 Å². The predicted molar refractivity (Wildman–Crippen MR) is 203 cm³/mol. The summed E-state index contributed by atoms with van der Waals surface area (Å²) in [5, 5.41) is 1.44. The first-order chi connectivity index (χ1) is 25.3. The normalized spacial score (nSPS) is 23.7. The van der Waals surface area contributed by atoms with Crippen LogP contribution in [0.25, 0.3) is 0 Å². The molecule has 4 atom stereocenters. The fourth-order valence-corrected chi connectivity index (χ4v) is 11.2. The van der Waals surface area contributed by atoms with Crippen LogP contribution in [0.2, 0.25) is 0 Å². The summed E-state index contributed by atoms with van der Waals surface area (Å²) in [5.41, 5.74) is 4.11. The van der Waals surface area contributed by atoms with E-state index in [2.05, 4.69) is 11.4 Å². The van der Waals surface area contributed by atoms with Gasteiger partial charge in [-0.3, -0.25) is 14.1 Å². The molecule has 2 N–H and O–H groups in total. The van der Waals surface area contributed by atoms with Crippen molar-refractivity contribution in [3.8, 4) is 23.0 Å². The van der Waals surface area contributed by atoms with Crippen molar-refractivity contribution in [2.45, 2.75) is 70.3 Å². The molecule has 0 bridgehead atoms. The highest BCUT2D eigenvalue weighted by Gasteiger charge is 2.46. The minimum Gasteiger partial charge on any atom is -0.493 e. The summed E-state index contributed by atoms with van der Waals surface area (Å²) in [4.78, 5) is 30.6. The van der Waals surface area contributed by atoms with Gasteiger partial charge in [0.1, 0.15) is 0 Å². The van der Waals surface area contributed by atoms with Crippen LogP contribution < -0.4 is 24.3 Å². The van der Waals surface area contributed by atoms with Crippen LogP contribution in [0.15, 0.2) is 47.6 Å². The number of carbonyl (C=O) groups excluding carboxylic acids is 2. The van der Waals surface area contributed by atoms with Gasteiger partial charge in [-0.15, -0.1) is 0 Å². The summed E-state index contributed by atoms with van der Waals surface area (Å²) in [5.74, 6) is 1.08. The molecular weight excluding hydrogens is 721 g/mol. The molecule has 2 amide bonds. The second-order valence-electron chi connectivity index (χ2n) is 14.1. The number of ether oxygens (including phenoxy) is 4. The lowest BCUT2D eigenvalue weighted by Gasteiger charge is -2.26. The Morgan fingerprint density at radius 1 is 0.849 bits per heavy atom. The van der Waals surface area contributed by atoms with E-state index >= 15 is 0 Å². The smallest absolute Gasteiger partial charge is 0.288 e. The molecule has 2 unspecified atom stereocenters. The molecule has 2 aromatic carbocycles. The summed E-state index contributed by atoms with van der Waals surface area (Å²) in [6.45, 7) is 6.96. The van der Waals surface area contributed by atoms with Gasteiger partial charge in [0.2, 0.25) is 0 Å². The highest BCUT2D eigenvalue weighted by atomic mass is 32.2. The van der Waals surface area contributed by atoms with E-state index in [9.17, 15) is 27.1 Å². The Kier molecular flexibility index (Phi) is 11.5. The lowest BCUT2D eigenvalue weighted by atomic mass is 10.00. The minimum atomic E-state index is -4.60. The molecule has 0 aliphatic carbocycles. The topological polar surface area (TPSA) is 161 Å². The standard InChI is InChI=1S/C38H50N3O10PS/c1-6-13-52(44,14-11-50-34-18-26-9-10-27-16-24(7-2)22-40(27)37(42)28(26)19-32(34)48-4)15-12-51-35-21-30-29(20-33(35)49-5)38(43)41-23-25(8-3)17-31(41)36(39-30)53(45,46)47/h7-8,18-21,27,31,36,39H,6,9-17,22-23H2,1-5H3,(H,45,46,47)/b24-7+,25-8+/t27-,31+,36?,52?/m1/s1. The van der Waals surface area contributed by atoms with Crippen LogP contribution in [0.4, 0.5) is 5.69 Å². The van der Waals surface area contributed by atoms with E-state index in [0.29, 0.717) is 48.8 Å². The molecule has 15 heteroatoms.